The summed E-state index contributed by atoms with van der Waals surface area (Å²) in [6, 6.07) is 0. The Hall–Kier alpha value is -0.160. The van der Waals surface area contributed by atoms with Crippen molar-refractivity contribution in [2.75, 3.05) is 0 Å². The van der Waals surface area contributed by atoms with Crippen LogP contribution in [-0.4, -0.2) is 38.9 Å². The summed E-state index contributed by atoms with van der Waals surface area (Å²) < 4.78 is 5.10. The fraction of sp³-hybridized carbons (Fsp3) is 1.00. The van der Waals surface area contributed by atoms with Crippen LogP contribution in [0.4, 0.5) is 0 Å². The van der Waals surface area contributed by atoms with Gasteiger partial charge in [0.25, 0.3) is 0 Å². The highest BCUT2D eigenvalue weighted by Gasteiger charge is 2.74. The molecule has 12 heavy (non-hydrogen) atoms. The first kappa shape index (κ1) is 7.26. The van der Waals surface area contributed by atoms with Gasteiger partial charge in [0.05, 0.1) is 11.2 Å². The van der Waals surface area contributed by atoms with E-state index in [9.17, 15) is 10.2 Å². The Labute approximate surface area is 69.8 Å². The van der Waals surface area contributed by atoms with Crippen LogP contribution in [0.3, 0.4) is 0 Å². The Morgan fingerprint density at radius 1 is 1.17 bits per heavy atom. The Bertz CT molecular complexity index is 243. The Balaban J connectivity index is 1.95. The second kappa shape index (κ2) is 1.70. The zero-order valence-electron chi connectivity index (χ0n) is 6.60. The summed E-state index contributed by atoms with van der Waals surface area (Å²) in [7, 11) is 0. The summed E-state index contributed by atoms with van der Waals surface area (Å²) in [5, 5.41) is 28.9. The van der Waals surface area contributed by atoms with Gasteiger partial charge in [0.1, 0.15) is 6.10 Å². The fourth-order valence-corrected chi connectivity index (χ4v) is 2.85. The van der Waals surface area contributed by atoms with Gasteiger partial charge in [0.2, 0.25) is 0 Å². The highest BCUT2D eigenvalue weighted by atomic mass is 16.6. The first-order valence-corrected chi connectivity index (χ1v) is 4.33. The molecule has 0 amide bonds. The standard InChI is InChI=1S/C8H12O4/c9-5-3-7(10)1-4-2-8(4,11)6(7)12-5/h4-6,9-11H,1-3H2/t4-,5+,6-,7-,8+/m0/s1. The SMILES string of the molecule is O[C@H]1C[C@@]2(O)C[C@H]3C[C@]3(O)[C@H]2O1. The maximum atomic E-state index is 9.92. The topological polar surface area (TPSA) is 69.9 Å². The lowest BCUT2D eigenvalue weighted by molar-refractivity contribution is -0.142. The minimum Gasteiger partial charge on any atom is -0.387 e. The van der Waals surface area contributed by atoms with E-state index in [1.165, 1.54) is 0 Å². The molecule has 0 aromatic carbocycles. The molecule has 1 saturated heterocycles. The molecule has 0 aromatic heterocycles. The number of rotatable bonds is 0. The number of aliphatic hydroxyl groups is 3. The summed E-state index contributed by atoms with van der Waals surface area (Å²) in [6.45, 7) is 0. The third-order valence-corrected chi connectivity index (χ3v) is 3.48. The van der Waals surface area contributed by atoms with Crippen LogP contribution in [0, 0.1) is 5.92 Å². The number of fused-ring (bicyclic) bond motifs is 3. The van der Waals surface area contributed by atoms with E-state index >= 15 is 0 Å². The van der Waals surface area contributed by atoms with Gasteiger partial charge in [-0.3, -0.25) is 0 Å². The number of hydrogen-bond donors (Lipinski definition) is 3. The van der Waals surface area contributed by atoms with Crippen molar-refractivity contribution in [2.45, 2.75) is 42.9 Å². The molecule has 3 aliphatic rings. The average molecular weight is 172 g/mol. The molecular weight excluding hydrogens is 160 g/mol. The third-order valence-electron chi connectivity index (χ3n) is 3.48. The minimum atomic E-state index is -0.961. The van der Waals surface area contributed by atoms with Gasteiger partial charge in [0.15, 0.2) is 6.29 Å². The molecule has 0 radical (unpaired) electrons. The van der Waals surface area contributed by atoms with Crippen LogP contribution in [-0.2, 0) is 4.74 Å². The summed E-state index contributed by atoms with van der Waals surface area (Å²) >= 11 is 0. The van der Waals surface area contributed by atoms with Crippen LogP contribution in [0.25, 0.3) is 0 Å². The first-order chi connectivity index (χ1) is 5.55. The van der Waals surface area contributed by atoms with E-state index < -0.39 is 23.6 Å². The number of aliphatic hydroxyl groups excluding tert-OH is 1. The zero-order valence-corrected chi connectivity index (χ0v) is 6.60. The Morgan fingerprint density at radius 3 is 2.58 bits per heavy atom. The van der Waals surface area contributed by atoms with Crippen molar-refractivity contribution in [3.8, 4) is 0 Å². The molecule has 1 heterocycles. The van der Waals surface area contributed by atoms with Gasteiger partial charge >= 0.3 is 0 Å². The molecule has 0 bridgehead atoms. The van der Waals surface area contributed by atoms with E-state index in [4.69, 9.17) is 9.84 Å². The fourth-order valence-electron chi connectivity index (χ4n) is 2.85. The summed E-state index contributed by atoms with van der Waals surface area (Å²) in [6.07, 6.45) is 0.0876. The van der Waals surface area contributed by atoms with Gasteiger partial charge in [-0.2, -0.15) is 0 Å². The highest BCUT2D eigenvalue weighted by molar-refractivity contribution is 5.24. The molecule has 68 valence electrons. The monoisotopic (exact) mass is 172 g/mol. The second-order valence-electron chi connectivity index (χ2n) is 4.37. The summed E-state index contributed by atoms with van der Waals surface area (Å²) in [5.41, 5.74) is -1.79. The summed E-state index contributed by atoms with van der Waals surface area (Å²) in [4.78, 5) is 0. The van der Waals surface area contributed by atoms with Crippen LogP contribution in [0.15, 0.2) is 0 Å². The van der Waals surface area contributed by atoms with Crippen molar-refractivity contribution in [1.29, 1.82) is 0 Å². The Kier molecular flexibility index (Phi) is 1.03. The predicted molar refractivity (Wildman–Crippen MR) is 38.1 cm³/mol. The molecule has 2 aliphatic carbocycles. The third kappa shape index (κ3) is 0.633. The molecule has 1 aliphatic heterocycles. The van der Waals surface area contributed by atoms with Crippen molar-refractivity contribution in [3.05, 3.63) is 0 Å². The lowest BCUT2D eigenvalue weighted by atomic mass is 9.93. The van der Waals surface area contributed by atoms with Crippen molar-refractivity contribution in [3.63, 3.8) is 0 Å². The molecular formula is C8H12O4. The molecule has 0 spiro atoms. The number of hydrogen-bond acceptors (Lipinski definition) is 4. The predicted octanol–water partition coefficient (Wildman–Crippen LogP) is -1.02. The normalized spacial score (nSPS) is 67.8. The van der Waals surface area contributed by atoms with Gasteiger partial charge in [0, 0.05) is 6.42 Å². The van der Waals surface area contributed by atoms with Crippen LogP contribution < -0.4 is 0 Å². The van der Waals surface area contributed by atoms with Crippen molar-refractivity contribution in [1.82, 2.24) is 0 Å². The molecule has 3 fully saturated rings. The highest BCUT2D eigenvalue weighted by Crippen LogP contribution is 2.63. The maximum Gasteiger partial charge on any atom is 0.158 e. The van der Waals surface area contributed by atoms with Crippen molar-refractivity contribution >= 4 is 0 Å². The van der Waals surface area contributed by atoms with E-state index in [-0.39, 0.29) is 12.3 Å². The smallest absolute Gasteiger partial charge is 0.158 e. The molecule has 4 nitrogen and oxygen atoms in total. The maximum absolute atomic E-state index is 9.92. The van der Waals surface area contributed by atoms with Gasteiger partial charge in [-0.1, -0.05) is 0 Å². The van der Waals surface area contributed by atoms with Crippen LogP contribution in [0.5, 0.6) is 0 Å². The van der Waals surface area contributed by atoms with E-state index in [1.807, 2.05) is 0 Å². The van der Waals surface area contributed by atoms with Gasteiger partial charge in [-0.05, 0) is 18.8 Å². The lowest BCUT2D eigenvalue weighted by Crippen LogP contribution is -2.41. The molecule has 4 heteroatoms. The first-order valence-electron chi connectivity index (χ1n) is 4.33. The second-order valence-corrected chi connectivity index (χ2v) is 4.37. The molecule has 0 unspecified atom stereocenters. The van der Waals surface area contributed by atoms with Gasteiger partial charge in [-0.25, -0.2) is 0 Å². The van der Waals surface area contributed by atoms with Gasteiger partial charge < -0.3 is 20.1 Å². The molecule has 3 N–H and O–H groups in total. The quantitative estimate of drug-likeness (QED) is 0.437. The molecule has 3 rings (SSSR count). The molecule has 0 aromatic rings. The lowest BCUT2D eigenvalue weighted by Gasteiger charge is -2.24. The summed E-state index contributed by atoms with van der Waals surface area (Å²) in [5.74, 6) is 0.194. The average Bonchev–Trinajstić information content (AvgIpc) is 2.35. The van der Waals surface area contributed by atoms with Crippen LogP contribution in [0.1, 0.15) is 19.3 Å². The van der Waals surface area contributed by atoms with E-state index in [0.717, 1.165) is 0 Å². The van der Waals surface area contributed by atoms with Gasteiger partial charge in [-0.15, -0.1) is 0 Å². The van der Waals surface area contributed by atoms with E-state index in [0.29, 0.717) is 12.8 Å². The molecule has 5 atom stereocenters. The number of ether oxygens (including phenoxy) is 1. The van der Waals surface area contributed by atoms with Crippen molar-refractivity contribution in [2.24, 2.45) is 5.92 Å². The Morgan fingerprint density at radius 2 is 1.92 bits per heavy atom. The minimum absolute atomic E-state index is 0.194. The van der Waals surface area contributed by atoms with E-state index in [2.05, 4.69) is 0 Å². The van der Waals surface area contributed by atoms with Crippen LogP contribution >= 0.6 is 0 Å². The van der Waals surface area contributed by atoms with E-state index in [1.54, 1.807) is 0 Å². The van der Waals surface area contributed by atoms with Crippen LogP contribution in [0.2, 0.25) is 0 Å². The largest absolute Gasteiger partial charge is 0.387 e. The van der Waals surface area contributed by atoms with Crippen molar-refractivity contribution < 1.29 is 20.1 Å². The zero-order chi connectivity index (χ0) is 8.56. The molecule has 2 saturated carbocycles.